The summed E-state index contributed by atoms with van der Waals surface area (Å²) in [6, 6.07) is 0. The van der Waals surface area contributed by atoms with E-state index in [4.69, 9.17) is 9.05 Å². The molecule has 0 bridgehead atoms. The van der Waals surface area contributed by atoms with Crippen molar-refractivity contribution in [1.82, 2.24) is 0 Å². The van der Waals surface area contributed by atoms with Crippen LogP contribution in [0.1, 0.15) is 130 Å². The minimum absolute atomic E-state index is 0.198. The molecule has 5 nitrogen and oxygen atoms in total. The minimum atomic E-state index is -4.16. The van der Waals surface area contributed by atoms with Gasteiger partial charge in [0.2, 0.25) is 0 Å². The van der Waals surface area contributed by atoms with Crippen LogP contribution in [-0.2, 0) is 13.6 Å². The lowest BCUT2D eigenvalue weighted by atomic mass is 10.0. The highest BCUT2D eigenvalue weighted by Crippen LogP contribution is 2.38. The minimum Gasteiger partial charge on any atom is -0.756 e. The molecule has 0 heterocycles. The van der Waals surface area contributed by atoms with Crippen molar-refractivity contribution in [1.29, 1.82) is 0 Å². The number of likely N-dealkylation sites (N-methyl/N-ethyl adjacent to an activating group) is 1. The van der Waals surface area contributed by atoms with Crippen molar-refractivity contribution >= 4 is 7.82 Å². The van der Waals surface area contributed by atoms with Crippen LogP contribution in [0.25, 0.3) is 0 Å². The predicted molar refractivity (Wildman–Crippen MR) is 136 cm³/mol. The van der Waals surface area contributed by atoms with Gasteiger partial charge < -0.3 is 18.4 Å². The Hall–Kier alpha value is 0.0700. The fourth-order valence-electron chi connectivity index (χ4n) is 4.20. The van der Waals surface area contributed by atoms with Crippen LogP contribution in [0.5, 0.6) is 0 Å². The molecule has 0 amide bonds. The van der Waals surface area contributed by atoms with Crippen molar-refractivity contribution in [3.63, 3.8) is 0 Å². The molecule has 0 aliphatic carbocycles. The van der Waals surface area contributed by atoms with E-state index in [1.165, 1.54) is 83.5 Å². The SMILES string of the molecule is CCCCCCCCCCCCCCCCCCOP(=O)([O-])OCC[N+](C)(CC)CCC. The number of hydrogen-bond donors (Lipinski definition) is 0. The van der Waals surface area contributed by atoms with Crippen LogP contribution in [0.2, 0.25) is 0 Å². The van der Waals surface area contributed by atoms with Crippen LogP contribution in [0.4, 0.5) is 0 Å². The summed E-state index contributed by atoms with van der Waals surface area (Å²) in [6.07, 6.45) is 21.9. The number of nitrogens with zero attached hydrogens (tertiary/aromatic N) is 1. The number of hydrogen-bond acceptors (Lipinski definition) is 4. The first-order valence-electron chi connectivity index (χ1n) is 13.8. The molecular weight excluding hydrogens is 421 g/mol. The lowest BCUT2D eigenvalue weighted by molar-refractivity contribution is -0.908. The summed E-state index contributed by atoms with van der Waals surface area (Å²) in [7, 11) is -2.02. The summed E-state index contributed by atoms with van der Waals surface area (Å²) >= 11 is 0. The fourth-order valence-corrected chi connectivity index (χ4v) is 4.94. The molecule has 0 rings (SSSR count). The largest absolute Gasteiger partial charge is 0.756 e. The highest BCUT2D eigenvalue weighted by molar-refractivity contribution is 7.45. The summed E-state index contributed by atoms with van der Waals surface area (Å²) in [4.78, 5) is 11.9. The van der Waals surface area contributed by atoms with E-state index < -0.39 is 7.82 Å². The first-order chi connectivity index (χ1) is 15.4. The first kappa shape index (κ1) is 32.1. The Morgan fingerprint density at radius 3 is 1.41 bits per heavy atom. The summed E-state index contributed by atoms with van der Waals surface area (Å²) < 4.78 is 22.8. The van der Waals surface area contributed by atoms with Gasteiger partial charge in [-0.2, -0.15) is 0 Å². The van der Waals surface area contributed by atoms with Gasteiger partial charge in [-0.05, 0) is 19.8 Å². The number of quaternary nitrogens is 1. The fraction of sp³-hybridized carbons (Fsp3) is 1.00. The zero-order chi connectivity index (χ0) is 24.0. The molecule has 0 spiro atoms. The van der Waals surface area contributed by atoms with E-state index in [0.29, 0.717) is 6.54 Å². The third-order valence-electron chi connectivity index (χ3n) is 6.65. The maximum atomic E-state index is 11.9. The Labute approximate surface area is 200 Å². The van der Waals surface area contributed by atoms with Crippen molar-refractivity contribution in [3.8, 4) is 0 Å². The van der Waals surface area contributed by atoms with Gasteiger partial charge in [0.1, 0.15) is 13.2 Å². The van der Waals surface area contributed by atoms with Crippen molar-refractivity contribution < 1.29 is 23.0 Å². The Balaban J connectivity index is 3.44. The van der Waals surface area contributed by atoms with E-state index >= 15 is 0 Å². The van der Waals surface area contributed by atoms with Crippen molar-refractivity contribution in [2.24, 2.45) is 0 Å². The standard InChI is InChI=1S/C26H56NO4P/c1-5-8-9-10-11-12-13-14-15-16-17-18-19-20-21-22-25-30-32(28,29)31-26-24-27(4,7-3)23-6-2/h5-26H2,1-4H3. The molecule has 194 valence electrons. The monoisotopic (exact) mass is 477 g/mol. The van der Waals surface area contributed by atoms with Crippen LogP contribution >= 0.6 is 7.82 Å². The van der Waals surface area contributed by atoms with Crippen LogP contribution in [-0.4, -0.2) is 44.4 Å². The van der Waals surface area contributed by atoms with Crippen molar-refractivity contribution in [2.45, 2.75) is 130 Å². The summed E-state index contributed by atoms with van der Waals surface area (Å²) in [6.45, 7) is 9.68. The summed E-state index contributed by atoms with van der Waals surface area (Å²) in [5.41, 5.74) is 0. The van der Waals surface area contributed by atoms with Crippen molar-refractivity contribution in [2.75, 3.05) is 39.9 Å². The van der Waals surface area contributed by atoms with Crippen molar-refractivity contribution in [3.05, 3.63) is 0 Å². The van der Waals surface area contributed by atoms with Gasteiger partial charge in [-0.3, -0.25) is 4.57 Å². The second-order valence-electron chi connectivity index (χ2n) is 9.80. The topological polar surface area (TPSA) is 58.6 Å². The lowest BCUT2D eigenvalue weighted by Gasteiger charge is -2.34. The predicted octanol–water partition coefficient (Wildman–Crippen LogP) is 7.63. The van der Waals surface area contributed by atoms with E-state index in [9.17, 15) is 9.46 Å². The zero-order valence-electron chi connectivity index (χ0n) is 22.1. The molecule has 0 saturated heterocycles. The maximum absolute atomic E-state index is 11.9. The third-order valence-corrected chi connectivity index (χ3v) is 7.65. The number of phosphoric ester groups is 1. The van der Waals surface area contributed by atoms with Crippen LogP contribution in [0.15, 0.2) is 0 Å². The van der Waals surface area contributed by atoms with Crippen LogP contribution in [0, 0.1) is 0 Å². The number of phosphoric acid groups is 1. The van der Waals surface area contributed by atoms with E-state index in [0.717, 1.165) is 43.3 Å². The average Bonchev–Trinajstić information content (AvgIpc) is 2.76. The molecule has 0 aromatic rings. The van der Waals surface area contributed by atoms with E-state index in [1.54, 1.807) is 0 Å². The van der Waals surface area contributed by atoms with Crippen LogP contribution in [0.3, 0.4) is 0 Å². The first-order valence-corrected chi connectivity index (χ1v) is 15.3. The van der Waals surface area contributed by atoms with E-state index in [2.05, 4.69) is 27.8 Å². The third kappa shape index (κ3) is 20.7. The number of unbranched alkanes of at least 4 members (excludes halogenated alkanes) is 15. The van der Waals surface area contributed by atoms with Gasteiger partial charge in [-0.15, -0.1) is 0 Å². The van der Waals surface area contributed by atoms with Gasteiger partial charge in [0, 0.05) is 0 Å². The van der Waals surface area contributed by atoms with Gasteiger partial charge in [0.15, 0.2) is 0 Å². The molecule has 2 atom stereocenters. The Morgan fingerprint density at radius 2 is 1.00 bits per heavy atom. The van der Waals surface area contributed by atoms with E-state index in [1.807, 2.05) is 0 Å². The van der Waals surface area contributed by atoms with E-state index in [-0.39, 0.29) is 13.2 Å². The summed E-state index contributed by atoms with van der Waals surface area (Å²) in [5.74, 6) is 0. The Bertz CT molecular complexity index is 450. The molecule has 0 saturated carbocycles. The van der Waals surface area contributed by atoms with Gasteiger partial charge in [-0.1, -0.05) is 110 Å². The molecule has 0 radical (unpaired) electrons. The van der Waals surface area contributed by atoms with Gasteiger partial charge >= 0.3 is 0 Å². The Kier molecular flexibility index (Phi) is 21.6. The van der Waals surface area contributed by atoms with Gasteiger partial charge in [0.25, 0.3) is 7.82 Å². The molecule has 32 heavy (non-hydrogen) atoms. The molecule has 2 unspecified atom stereocenters. The van der Waals surface area contributed by atoms with Crippen LogP contribution < -0.4 is 4.89 Å². The maximum Gasteiger partial charge on any atom is 0.268 e. The normalized spacial score (nSPS) is 15.5. The molecule has 0 aromatic carbocycles. The van der Waals surface area contributed by atoms with Gasteiger partial charge in [0.05, 0.1) is 26.7 Å². The molecule has 0 aromatic heterocycles. The molecule has 6 heteroatoms. The highest BCUT2D eigenvalue weighted by Gasteiger charge is 2.19. The smallest absolute Gasteiger partial charge is 0.268 e. The molecule has 0 aliphatic rings. The Morgan fingerprint density at radius 1 is 0.594 bits per heavy atom. The second kappa shape index (κ2) is 21.6. The quantitative estimate of drug-likeness (QED) is 0.0770. The average molecular weight is 478 g/mol. The molecule has 0 N–H and O–H groups in total. The summed E-state index contributed by atoms with van der Waals surface area (Å²) in [5, 5.41) is 0. The molecular formula is C26H56NO4P. The van der Waals surface area contributed by atoms with Gasteiger partial charge in [-0.25, -0.2) is 0 Å². The number of rotatable bonds is 25. The molecule has 0 fully saturated rings. The zero-order valence-corrected chi connectivity index (χ0v) is 23.0. The second-order valence-corrected chi connectivity index (χ2v) is 11.2. The molecule has 0 aliphatic heterocycles. The highest BCUT2D eigenvalue weighted by atomic mass is 31.2. The lowest BCUT2D eigenvalue weighted by Crippen LogP contribution is -2.46.